The second-order valence-corrected chi connectivity index (χ2v) is 7.96. The Morgan fingerprint density at radius 1 is 1.28 bits per heavy atom. The molecule has 5 nitrogen and oxygen atoms in total. The molecule has 2 aliphatic rings. The van der Waals surface area contributed by atoms with Crippen molar-refractivity contribution in [2.24, 2.45) is 0 Å². The molecule has 2 heterocycles. The number of halogens is 1. The van der Waals surface area contributed by atoms with Crippen molar-refractivity contribution in [1.29, 1.82) is 0 Å². The fourth-order valence-corrected chi connectivity index (χ4v) is 4.49. The standard InChI is InChI=1S/C19H25BrN3O2/c1-12(2)11-22-7-4-5-16(22)19(25)23-8-6-14-15(20)9-13(10-17(14)23)18(24)21-3/h9-10,16H,4-8,11H2,1-3H3,(H,21,24)/t16-/m0/s1. The summed E-state index contributed by atoms with van der Waals surface area (Å²) in [4.78, 5) is 29.4. The summed E-state index contributed by atoms with van der Waals surface area (Å²) >= 11 is 3.57. The van der Waals surface area contributed by atoms with Crippen LogP contribution in [0.25, 0.3) is 0 Å². The molecule has 1 N–H and O–H groups in total. The highest BCUT2D eigenvalue weighted by Crippen LogP contribution is 2.36. The molecule has 25 heavy (non-hydrogen) atoms. The Kier molecular flexibility index (Phi) is 5.49. The zero-order valence-electron chi connectivity index (χ0n) is 15.1. The van der Waals surface area contributed by atoms with E-state index in [-0.39, 0.29) is 17.9 Å². The van der Waals surface area contributed by atoms with E-state index in [0.717, 1.165) is 48.1 Å². The number of hydrogen-bond donors (Lipinski definition) is 1. The number of carbonyl (C=O) groups is 2. The van der Waals surface area contributed by atoms with Gasteiger partial charge in [0.05, 0.1) is 6.04 Å². The Balaban J connectivity index is 1.87. The molecule has 6 heteroatoms. The minimum Gasteiger partial charge on any atom is -0.355 e. The lowest BCUT2D eigenvalue weighted by Crippen LogP contribution is -2.46. The van der Waals surface area contributed by atoms with Gasteiger partial charge >= 0.3 is 0 Å². The van der Waals surface area contributed by atoms with Crippen LogP contribution >= 0.6 is 15.9 Å². The van der Waals surface area contributed by atoms with Gasteiger partial charge in [0.2, 0.25) is 5.91 Å². The van der Waals surface area contributed by atoms with E-state index in [1.807, 2.05) is 17.0 Å². The summed E-state index contributed by atoms with van der Waals surface area (Å²) in [5, 5.41) is 2.65. The third-order valence-corrected chi connectivity index (χ3v) is 5.68. The normalized spacial score (nSPS) is 20.2. The summed E-state index contributed by atoms with van der Waals surface area (Å²) in [6, 6.07) is 3.63. The Labute approximate surface area is 157 Å². The van der Waals surface area contributed by atoms with Crippen molar-refractivity contribution >= 4 is 33.4 Å². The van der Waals surface area contributed by atoms with Crippen LogP contribution in [0, 0.1) is 5.92 Å². The first kappa shape index (κ1) is 18.4. The number of amides is 2. The van der Waals surface area contributed by atoms with E-state index >= 15 is 0 Å². The predicted molar refractivity (Wildman–Crippen MR) is 103 cm³/mol. The van der Waals surface area contributed by atoms with Crippen LogP contribution in [0.1, 0.15) is 42.6 Å². The van der Waals surface area contributed by atoms with E-state index in [1.54, 1.807) is 7.05 Å². The van der Waals surface area contributed by atoms with E-state index in [1.165, 1.54) is 5.92 Å². The molecule has 1 aromatic rings. The molecule has 3 rings (SSSR count). The number of fused-ring (bicyclic) bond motifs is 1. The van der Waals surface area contributed by atoms with Crippen molar-refractivity contribution in [2.75, 3.05) is 31.6 Å². The summed E-state index contributed by atoms with van der Waals surface area (Å²) in [5.41, 5.74) is 2.57. The molecule has 1 saturated heterocycles. The van der Waals surface area contributed by atoms with Crippen LogP contribution in [0.4, 0.5) is 5.69 Å². The molecule has 2 aliphatic heterocycles. The lowest BCUT2D eigenvalue weighted by Gasteiger charge is -2.29. The van der Waals surface area contributed by atoms with Crippen LogP contribution in [0.2, 0.25) is 0 Å². The van der Waals surface area contributed by atoms with E-state index in [2.05, 4.69) is 40.0 Å². The van der Waals surface area contributed by atoms with Crippen molar-refractivity contribution in [2.45, 2.75) is 39.2 Å². The van der Waals surface area contributed by atoms with Gasteiger partial charge in [-0.3, -0.25) is 14.5 Å². The van der Waals surface area contributed by atoms with Gasteiger partial charge in [-0.2, -0.15) is 0 Å². The molecular formula is C19H25BrN3O2. The van der Waals surface area contributed by atoms with Crippen LogP contribution in [-0.2, 0) is 11.2 Å². The van der Waals surface area contributed by atoms with Crippen molar-refractivity contribution in [3.05, 3.63) is 33.7 Å². The first-order valence-electron chi connectivity index (χ1n) is 8.81. The molecule has 0 spiro atoms. The summed E-state index contributed by atoms with van der Waals surface area (Å²) in [6.45, 7) is 6.75. The Morgan fingerprint density at radius 2 is 2.04 bits per heavy atom. The van der Waals surface area contributed by atoms with Crippen molar-refractivity contribution in [3.8, 4) is 0 Å². The van der Waals surface area contributed by atoms with Crippen molar-refractivity contribution in [3.63, 3.8) is 0 Å². The molecule has 2 amide bonds. The van der Waals surface area contributed by atoms with Crippen molar-refractivity contribution in [1.82, 2.24) is 10.2 Å². The highest BCUT2D eigenvalue weighted by Gasteiger charge is 2.37. The number of hydrogen-bond acceptors (Lipinski definition) is 3. The minimum atomic E-state index is -0.138. The van der Waals surface area contributed by atoms with Crippen LogP contribution in [-0.4, -0.2) is 49.4 Å². The van der Waals surface area contributed by atoms with E-state index < -0.39 is 0 Å². The molecular weight excluding hydrogens is 382 g/mol. The maximum Gasteiger partial charge on any atom is 0.251 e. The quantitative estimate of drug-likeness (QED) is 0.835. The largest absolute Gasteiger partial charge is 0.355 e. The van der Waals surface area contributed by atoms with Crippen LogP contribution in [0.15, 0.2) is 16.6 Å². The van der Waals surface area contributed by atoms with E-state index in [0.29, 0.717) is 12.1 Å². The maximum absolute atomic E-state index is 13.2. The summed E-state index contributed by atoms with van der Waals surface area (Å²) < 4.78 is 0.903. The fraction of sp³-hybridized carbons (Fsp3) is 0.526. The van der Waals surface area contributed by atoms with Gasteiger partial charge in [0.25, 0.3) is 5.91 Å². The van der Waals surface area contributed by atoms with Crippen molar-refractivity contribution < 1.29 is 9.59 Å². The Bertz CT molecular complexity index is 689. The third-order valence-electron chi connectivity index (χ3n) is 4.97. The topological polar surface area (TPSA) is 52.7 Å². The Hall–Kier alpha value is -1.40. The van der Waals surface area contributed by atoms with Gasteiger partial charge in [0.1, 0.15) is 0 Å². The third kappa shape index (κ3) is 3.60. The second kappa shape index (κ2) is 7.46. The van der Waals surface area contributed by atoms with Gasteiger partial charge in [-0.15, -0.1) is 0 Å². The van der Waals surface area contributed by atoms with Crippen LogP contribution < -0.4 is 10.2 Å². The van der Waals surface area contributed by atoms with Crippen LogP contribution in [0.5, 0.6) is 0 Å². The fourth-order valence-electron chi connectivity index (χ4n) is 3.84. The average molecular weight is 407 g/mol. The second-order valence-electron chi connectivity index (χ2n) is 7.11. The molecule has 1 aromatic carbocycles. The first-order chi connectivity index (χ1) is 11.9. The average Bonchev–Trinajstić information content (AvgIpc) is 3.19. The number of nitrogens with zero attached hydrogens (tertiary/aromatic N) is 2. The number of likely N-dealkylation sites (tertiary alicyclic amines) is 1. The lowest BCUT2D eigenvalue weighted by atomic mass is 10.1. The van der Waals surface area contributed by atoms with Gasteiger partial charge in [-0.25, -0.2) is 0 Å². The molecule has 0 saturated carbocycles. The molecule has 0 bridgehead atoms. The van der Waals surface area contributed by atoms with E-state index in [9.17, 15) is 9.59 Å². The number of carbonyl (C=O) groups excluding carboxylic acids is 2. The van der Waals surface area contributed by atoms with Gasteiger partial charge in [-0.1, -0.05) is 29.8 Å². The molecule has 135 valence electrons. The molecule has 0 unspecified atom stereocenters. The predicted octanol–water partition coefficient (Wildman–Crippen LogP) is 2.78. The van der Waals surface area contributed by atoms with Gasteiger partial charge in [-0.05, 0) is 49.4 Å². The summed E-state index contributed by atoms with van der Waals surface area (Å²) in [7, 11) is 1.62. The SMILES string of the molecule is CNC(=O)c1cc(Br)c2c(c1)N(C(=O)[C@@H]1CCCN1C[C](C)C)CC2. The summed E-state index contributed by atoms with van der Waals surface area (Å²) in [5.74, 6) is 1.35. The zero-order valence-corrected chi connectivity index (χ0v) is 16.6. The zero-order chi connectivity index (χ0) is 18.1. The molecule has 0 aliphatic carbocycles. The van der Waals surface area contributed by atoms with Gasteiger partial charge in [0.15, 0.2) is 0 Å². The molecule has 1 fully saturated rings. The van der Waals surface area contributed by atoms with Gasteiger partial charge in [0, 0.05) is 35.9 Å². The Morgan fingerprint density at radius 3 is 2.72 bits per heavy atom. The highest BCUT2D eigenvalue weighted by molar-refractivity contribution is 9.10. The number of anilines is 1. The minimum absolute atomic E-state index is 0.0525. The number of rotatable bonds is 4. The van der Waals surface area contributed by atoms with E-state index in [4.69, 9.17) is 0 Å². The van der Waals surface area contributed by atoms with Gasteiger partial charge < -0.3 is 10.2 Å². The monoisotopic (exact) mass is 406 g/mol. The molecule has 1 atom stereocenters. The number of nitrogens with one attached hydrogen (secondary N) is 1. The lowest BCUT2D eigenvalue weighted by molar-refractivity contribution is -0.122. The molecule has 1 radical (unpaired) electrons. The van der Waals surface area contributed by atoms with Crippen LogP contribution in [0.3, 0.4) is 0 Å². The molecule has 0 aromatic heterocycles. The first-order valence-corrected chi connectivity index (χ1v) is 9.60. The smallest absolute Gasteiger partial charge is 0.251 e. The number of benzene rings is 1. The summed E-state index contributed by atoms with van der Waals surface area (Å²) in [6.07, 6.45) is 2.79. The maximum atomic E-state index is 13.2. The highest BCUT2D eigenvalue weighted by atomic mass is 79.9.